The SMILES string of the molecule is Cc1cc(C)c(SC#CSc2c(C)cc(C)cc2C)c(C)c1. The summed E-state index contributed by atoms with van der Waals surface area (Å²) in [4.78, 5) is 2.58. The molecule has 2 aromatic rings. The van der Waals surface area contributed by atoms with E-state index in [1.165, 1.54) is 43.2 Å². The summed E-state index contributed by atoms with van der Waals surface area (Å²) >= 11 is 3.27. The normalized spacial score (nSPS) is 10.3. The molecule has 0 aliphatic heterocycles. The molecule has 0 spiro atoms. The summed E-state index contributed by atoms with van der Waals surface area (Å²) < 4.78 is 0. The van der Waals surface area contributed by atoms with E-state index in [9.17, 15) is 0 Å². The summed E-state index contributed by atoms with van der Waals surface area (Å²) in [6.07, 6.45) is 0. The van der Waals surface area contributed by atoms with Crippen LogP contribution in [0.5, 0.6) is 0 Å². The van der Waals surface area contributed by atoms with Gasteiger partial charge in [0.1, 0.15) is 0 Å². The third-order valence-electron chi connectivity index (χ3n) is 3.56. The van der Waals surface area contributed by atoms with Gasteiger partial charge in [0.2, 0.25) is 0 Å². The predicted molar refractivity (Wildman–Crippen MR) is 101 cm³/mol. The molecule has 0 aliphatic rings. The average Bonchev–Trinajstić information content (AvgIpc) is 2.38. The second-order valence-electron chi connectivity index (χ2n) is 5.86. The quantitative estimate of drug-likeness (QED) is 0.466. The van der Waals surface area contributed by atoms with Crippen molar-refractivity contribution in [2.45, 2.75) is 51.3 Å². The first kappa shape index (κ1) is 17.1. The van der Waals surface area contributed by atoms with E-state index in [0.717, 1.165) is 0 Å². The molecular weight excluding hydrogens is 304 g/mol. The number of benzene rings is 2. The highest BCUT2D eigenvalue weighted by Crippen LogP contribution is 2.29. The van der Waals surface area contributed by atoms with E-state index in [0.29, 0.717) is 0 Å². The lowest BCUT2D eigenvalue weighted by Crippen LogP contribution is -1.87. The van der Waals surface area contributed by atoms with Gasteiger partial charge in [0, 0.05) is 9.79 Å². The molecule has 2 aromatic carbocycles. The molecule has 0 nitrogen and oxygen atoms in total. The van der Waals surface area contributed by atoms with Gasteiger partial charge in [-0.05, 0) is 97.8 Å². The van der Waals surface area contributed by atoms with Gasteiger partial charge >= 0.3 is 0 Å². The van der Waals surface area contributed by atoms with E-state index in [1.54, 1.807) is 23.5 Å². The van der Waals surface area contributed by atoms with Crippen LogP contribution in [0.25, 0.3) is 0 Å². The summed E-state index contributed by atoms with van der Waals surface area (Å²) in [5, 5.41) is 6.50. The minimum atomic E-state index is 1.29. The Labute approximate surface area is 143 Å². The second kappa shape index (κ2) is 7.31. The molecule has 0 atom stereocenters. The van der Waals surface area contributed by atoms with Crippen LogP contribution >= 0.6 is 23.5 Å². The Bertz CT molecular complexity index is 651. The van der Waals surface area contributed by atoms with Crippen molar-refractivity contribution in [1.82, 2.24) is 0 Å². The standard InChI is InChI=1S/C20H22S2/c1-13-9-15(3)19(16(4)10-13)21-7-8-22-20-17(5)11-14(2)12-18(20)6/h9-12H,1-6H3. The Morgan fingerprint density at radius 1 is 0.545 bits per heavy atom. The largest absolute Gasteiger partial charge is 0.0552 e. The highest BCUT2D eigenvalue weighted by molar-refractivity contribution is 8.07. The van der Waals surface area contributed by atoms with Gasteiger partial charge in [-0.3, -0.25) is 0 Å². The maximum absolute atomic E-state index is 3.25. The predicted octanol–water partition coefficient (Wildman–Crippen LogP) is 6.34. The summed E-state index contributed by atoms with van der Waals surface area (Å²) in [6, 6.07) is 8.88. The molecule has 0 fully saturated rings. The van der Waals surface area contributed by atoms with Crippen LogP contribution in [0, 0.1) is 52.0 Å². The number of thioether (sulfide) groups is 2. The fourth-order valence-electron chi connectivity index (χ4n) is 2.80. The van der Waals surface area contributed by atoms with E-state index >= 15 is 0 Å². The third-order valence-corrected chi connectivity index (χ3v) is 5.79. The monoisotopic (exact) mass is 326 g/mol. The Balaban J connectivity index is 2.14. The van der Waals surface area contributed by atoms with Crippen LogP contribution in [0.3, 0.4) is 0 Å². The fourth-order valence-corrected chi connectivity index (χ4v) is 4.22. The van der Waals surface area contributed by atoms with Gasteiger partial charge in [0.05, 0.1) is 0 Å². The van der Waals surface area contributed by atoms with Crippen LogP contribution < -0.4 is 0 Å². The van der Waals surface area contributed by atoms with Crippen molar-refractivity contribution < 1.29 is 0 Å². The van der Waals surface area contributed by atoms with Crippen molar-refractivity contribution in [2.24, 2.45) is 0 Å². The van der Waals surface area contributed by atoms with Crippen molar-refractivity contribution in [3.05, 3.63) is 57.6 Å². The Morgan fingerprint density at radius 3 is 1.09 bits per heavy atom. The molecule has 0 unspecified atom stereocenters. The van der Waals surface area contributed by atoms with E-state index < -0.39 is 0 Å². The van der Waals surface area contributed by atoms with Crippen LogP contribution in [0.2, 0.25) is 0 Å². The van der Waals surface area contributed by atoms with Gasteiger partial charge in [-0.1, -0.05) is 35.4 Å². The molecule has 22 heavy (non-hydrogen) atoms. The highest BCUT2D eigenvalue weighted by Gasteiger charge is 2.04. The van der Waals surface area contributed by atoms with Gasteiger partial charge in [-0.25, -0.2) is 0 Å². The minimum Gasteiger partial charge on any atom is -0.0552 e. The van der Waals surface area contributed by atoms with E-state index in [2.05, 4.69) is 76.3 Å². The molecular formula is C20H22S2. The van der Waals surface area contributed by atoms with Gasteiger partial charge < -0.3 is 0 Å². The minimum absolute atomic E-state index is 1.29. The van der Waals surface area contributed by atoms with Gasteiger partial charge in [-0.15, -0.1) is 0 Å². The first-order valence-corrected chi connectivity index (χ1v) is 9.01. The molecule has 0 aliphatic carbocycles. The second-order valence-corrected chi connectivity index (χ2v) is 7.50. The first-order chi connectivity index (χ1) is 10.4. The lowest BCUT2D eigenvalue weighted by atomic mass is 10.1. The van der Waals surface area contributed by atoms with Crippen LogP contribution in [0.15, 0.2) is 34.1 Å². The maximum atomic E-state index is 3.25. The zero-order valence-electron chi connectivity index (χ0n) is 14.1. The average molecular weight is 327 g/mol. The number of hydrogen-bond acceptors (Lipinski definition) is 2. The van der Waals surface area contributed by atoms with Crippen molar-refractivity contribution in [3.8, 4) is 10.5 Å². The van der Waals surface area contributed by atoms with Crippen molar-refractivity contribution in [1.29, 1.82) is 0 Å². The topological polar surface area (TPSA) is 0 Å². The molecule has 0 heterocycles. The fraction of sp³-hybridized carbons (Fsp3) is 0.300. The molecule has 0 N–H and O–H groups in total. The van der Waals surface area contributed by atoms with Crippen molar-refractivity contribution >= 4 is 23.5 Å². The van der Waals surface area contributed by atoms with Gasteiger partial charge in [-0.2, -0.15) is 0 Å². The molecule has 114 valence electrons. The lowest BCUT2D eigenvalue weighted by Gasteiger charge is -2.08. The van der Waals surface area contributed by atoms with Crippen LogP contribution in [0.1, 0.15) is 33.4 Å². The summed E-state index contributed by atoms with van der Waals surface area (Å²) in [5.41, 5.74) is 7.86. The van der Waals surface area contributed by atoms with Gasteiger partial charge in [0.15, 0.2) is 0 Å². The number of hydrogen-bond donors (Lipinski definition) is 0. The number of aryl methyl sites for hydroxylation is 6. The summed E-state index contributed by atoms with van der Waals surface area (Å²) in [5.74, 6) is 0. The van der Waals surface area contributed by atoms with E-state index in [4.69, 9.17) is 0 Å². The van der Waals surface area contributed by atoms with Crippen LogP contribution in [0.4, 0.5) is 0 Å². The Hall–Kier alpha value is -1.30. The zero-order valence-corrected chi connectivity index (χ0v) is 15.8. The maximum Gasteiger partial charge on any atom is 0.0262 e. The summed E-state index contributed by atoms with van der Waals surface area (Å²) in [6.45, 7) is 12.9. The van der Waals surface area contributed by atoms with Crippen molar-refractivity contribution in [3.63, 3.8) is 0 Å². The Morgan fingerprint density at radius 2 is 0.818 bits per heavy atom. The van der Waals surface area contributed by atoms with Crippen LogP contribution in [-0.2, 0) is 0 Å². The van der Waals surface area contributed by atoms with Gasteiger partial charge in [0.25, 0.3) is 0 Å². The molecule has 0 saturated heterocycles. The smallest absolute Gasteiger partial charge is 0.0262 e. The molecule has 0 saturated carbocycles. The molecule has 0 aromatic heterocycles. The molecule has 2 rings (SSSR count). The Kier molecular flexibility index (Phi) is 5.67. The third kappa shape index (κ3) is 4.12. The van der Waals surface area contributed by atoms with Crippen molar-refractivity contribution in [2.75, 3.05) is 0 Å². The molecule has 0 amide bonds. The molecule has 2 heteroatoms. The molecule has 0 bridgehead atoms. The zero-order chi connectivity index (χ0) is 16.3. The van der Waals surface area contributed by atoms with E-state index in [-0.39, 0.29) is 0 Å². The summed E-state index contributed by atoms with van der Waals surface area (Å²) in [7, 11) is 0. The highest BCUT2D eigenvalue weighted by atomic mass is 32.2. The molecule has 0 radical (unpaired) electrons. The van der Waals surface area contributed by atoms with E-state index in [1.807, 2.05) is 0 Å². The van der Waals surface area contributed by atoms with Crippen LogP contribution in [-0.4, -0.2) is 0 Å². The first-order valence-electron chi connectivity index (χ1n) is 7.38. The number of rotatable bonds is 2. The lowest BCUT2D eigenvalue weighted by molar-refractivity contribution is 1.19.